The fourth-order valence-corrected chi connectivity index (χ4v) is 3.84. The van der Waals surface area contributed by atoms with Crippen molar-refractivity contribution in [3.8, 4) is 5.69 Å². The van der Waals surface area contributed by atoms with Crippen molar-refractivity contribution in [2.75, 3.05) is 12.0 Å². The van der Waals surface area contributed by atoms with E-state index in [1.54, 1.807) is 4.68 Å². The summed E-state index contributed by atoms with van der Waals surface area (Å²) in [6.45, 7) is 0. The second kappa shape index (κ2) is 6.36. The Balaban J connectivity index is 1.77. The molecule has 1 aliphatic rings. The van der Waals surface area contributed by atoms with Crippen LogP contribution in [-0.2, 0) is 21.7 Å². The van der Waals surface area contributed by atoms with Gasteiger partial charge in [0.25, 0.3) is 0 Å². The molecular formula is C20H21N3O2S. The van der Waals surface area contributed by atoms with Crippen molar-refractivity contribution in [3.63, 3.8) is 0 Å². The van der Waals surface area contributed by atoms with Gasteiger partial charge in [-0.2, -0.15) is 5.10 Å². The zero-order valence-electron chi connectivity index (χ0n) is 14.7. The molecule has 0 N–H and O–H groups in total. The van der Waals surface area contributed by atoms with Gasteiger partial charge in [0, 0.05) is 12.7 Å². The average molecular weight is 367 g/mol. The van der Waals surface area contributed by atoms with Crippen LogP contribution in [0.2, 0.25) is 0 Å². The molecule has 0 aliphatic heterocycles. The maximum absolute atomic E-state index is 11.6. The zero-order chi connectivity index (χ0) is 18.2. The molecule has 0 saturated heterocycles. The van der Waals surface area contributed by atoms with Gasteiger partial charge < -0.3 is 0 Å². The lowest BCUT2D eigenvalue weighted by Gasteiger charge is -2.11. The van der Waals surface area contributed by atoms with Crippen LogP contribution in [0.15, 0.2) is 60.7 Å². The van der Waals surface area contributed by atoms with Crippen LogP contribution in [0, 0.1) is 0 Å². The minimum atomic E-state index is -3.07. The lowest BCUT2D eigenvalue weighted by molar-refractivity contribution is 0.599. The minimum Gasteiger partial charge on any atom is -0.229 e. The Morgan fingerprint density at radius 3 is 2.19 bits per heavy atom. The fraction of sp³-hybridized carbons (Fsp3) is 0.300. The Morgan fingerprint density at radius 2 is 1.62 bits per heavy atom. The van der Waals surface area contributed by atoms with Gasteiger partial charge in [-0.05, 0) is 30.5 Å². The Bertz CT molecular complexity index is 1010. The van der Waals surface area contributed by atoms with E-state index in [0.717, 1.165) is 24.4 Å². The number of hydrogen-bond donors (Lipinski definition) is 0. The fourth-order valence-electron chi connectivity index (χ4n) is 3.29. The molecule has 1 aromatic heterocycles. The van der Waals surface area contributed by atoms with Crippen molar-refractivity contribution < 1.29 is 8.42 Å². The summed E-state index contributed by atoms with van der Waals surface area (Å²) in [6.07, 6.45) is 3.64. The van der Waals surface area contributed by atoms with Gasteiger partial charge in [-0.25, -0.2) is 18.1 Å². The van der Waals surface area contributed by atoms with Crippen molar-refractivity contribution in [1.82, 2.24) is 14.8 Å². The average Bonchev–Trinajstić information content (AvgIpc) is 3.34. The summed E-state index contributed by atoms with van der Waals surface area (Å²) in [5, 5.41) is 4.80. The Kier molecular flexibility index (Phi) is 4.15. The molecule has 1 aliphatic carbocycles. The van der Waals surface area contributed by atoms with Gasteiger partial charge in [0.05, 0.1) is 16.9 Å². The van der Waals surface area contributed by atoms with E-state index in [2.05, 4.69) is 12.1 Å². The van der Waals surface area contributed by atoms with Gasteiger partial charge in [0.15, 0.2) is 5.82 Å². The lowest BCUT2D eigenvalue weighted by Crippen LogP contribution is -2.11. The van der Waals surface area contributed by atoms with Crippen LogP contribution in [0.5, 0.6) is 0 Å². The van der Waals surface area contributed by atoms with Crippen LogP contribution in [0.4, 0.5) is 0 Å². The summed E-state index contributed by atoms with van der Waals surface area (Å²) in [4.78, 5) is 4.79. The van der Waals surface area contributed by atoms with Crippen molar-refractivity contribution >= 4 is 9.84 Å². The van der Waals surface area contributed by atoms with E-state index in [0.29, 0.717) is 12.2 Å². The molecule has 6 heteroatoms. The van der Waals surface area contributed by atoms with E-state index < -0.39 is 9.84 Å². The molecular weight excluding hydrogens is 346 g/mol. The van der Waals surface area contributed by atoms with Crippen LogP contribution in [-0.4, -0.2) is 35.2 Å². The van der Waals surface area contributed by atoms with E-state index in [9.17, 15) is 8.42 Å². The van der Waals surface area contributed by atoms with Crippen molar-refractivity contribution in [1.29, 1.82) is 0 Å². The standard InChI is InChI=1S/C20H21N3O2S/c1-26(24,25)15-12-18-21-19(22-23(18)17-10-6-3-7-11-17)20(13-14-20)16-8-4-2-5-9-16/h2-11H,12-15H2,1H3. The van der Waals surface area contributed by atoms with Crippen LogP contribution in [0.3, 0.4) is 0 Å². The predicted octanol–water partition coefficient (Wildman–Crippen LogP) is 2.93. The Hall–Kier alpha value is -2.47. The van der Waals surface area contributed by atoms with E-state index in [-0.39, 0.29) is 11.2 Å². The van der Waals surface area contributed by atoms with E-state index in [4.69, 9.17) is 10.1 Å². The summed E-state index contributed by atoms with van der Waals surface area (Å²) in [5.41, 5.74) is 1.99. The van der Waals surface area contributed by atoms with Gasteiger partial charge in [-0.3, -0.25) is 0 Å². The Labute approximate surface area is 153 Å². The highest BCUT2D eigenvalue weighted by atomic mass is 32.2. The number of rotatable bonds is 6. The highest BCUT2D eigenvalue weighted by molar-refractivity contribution is 7.90. The highest BCUT2D eigenvalue weighted by Crippen LogP contribution is 2.52. The molecule has 0 atom stereocenters. The third kappa shape index (κ3) is 3.29. The number of aromatic nitrogens is 3. The molecule has 5 nitrogen and oxygen atoms in total. The first-order valence-electron chi connectivity index (χ1n) is 8.73. The van der Waals surface area contributed by atoms with E-state index >= 15 is 0 Å². The number of benzene rings is 2. The molecule has 2 aromatic carbocycles. The summed E-state index contributed by atoms with van der Waals surface area (Å²) in [6, 6.07) is 20.1. The number of hydrogen-bond acceptors (Lipinski definition) is 4. The molecule has 0 unspecified atom stereocenters. The number of para-hydroxylation sites is 1. The molecule has 4 rings (SSSR count). The molecule has 0 radical (unpaired) electrons. The molecule has 0 bridgehead atoms. The first kappa shape index (κ1) is 17.0. The monoisotopic (exact) mass is 367 g/mol. The summed E-state index contributed by atoms with van der Waals surface area (Å²) < 4.78 is 25.1. The quantitative estimate of drug-likeness (QED) is 0.672. The van der Waals surface area contributed by atoms with Crippen LogP contribution in [0.1, 0.15) is 30.1 Å². The predicted molar refractivity (Wildman–Crippen MR) is 101 cm³/mol. The number of aryl methyl sites for hydroxylation is 1. The van der Waals surface area contributed by atoms with Gasteiger partial charge in [-0.1, -0.05) is 48.5 Å². The molecule has 1 saturated carbocycles. The SMILES string of the molecule is CS(=O)(=O)CCc1nc(C2(c3ccccc3)CC2)nn1-c1ccccc1. The molecule has 0 amide bonds. The summed E-state index contributed by atoms with van der Waals surface area (Å²) in [5.74, 6) is 1.55. The van der Waals surface area contributed by atoms with Crippen LogP contribution < -0.4 is 0 Å². The van der Waals surface area contributed by atoms with Gasteiger partial charge in [-0.15, -0.1) is 0 Å². The van der Waals surface area contributed by atoms with Crippen LogP contribution in [0.25, 0.3) is 5.69 Å². The molecule has 1 heterocycles. The van der Waals surface area contributed by atoms with Crippen molar-refractivity contribution in [3.05, 3.63) is 77.9 Å². The first-order chi connectivity index (χ1) is 12.5. The largest absolute Gasteiger partial charge is 0.229 e. The second-order valence-electron chi connectivity index (χ2n) is 6.93. The number of nitrogens with zero attached hydrogens (tertiary/aromatic N) is 3. The maximum atomic E-state index is 11.6. The van der Waals surface area contributed by atoms with E-state index in [1.807, 2.05) is 48.5 Å². The van der Waals surface area contributed by atoms with Gasteiger partial charge >= 0.3 is 0 Å². The number of sulfone groups is 1. The third-order valence-electron chi connectivity index (χ3n) is 4.88. The summed E-state index contributed by atoms with van der Waals surface area (Å²) >= 11 is 0. The minimum absolute atomic E-state index is 0.0658. The molecule has 26 heavy (non-hydrogen) atoms. The Morgan fingerprint density at radius 1 is 1.00 bits per heavy atom. The molecule has 134 valence electrons. The van der Waals surface area contributed by atoms with Gasteiger partial charge in [0.2, 0.25) is 0 Å². The van der Waals surface area contributed by atoms with Crippen LogP contribution >= 0.6 is 0 Å². The van der Waals surface area contributed by atoms with Crippen molar-refractivity contribution in [2.24, 2.45) is 0 Å². The molecule has 0 spiro atoms. The maximum Gasteiger partial charge on any atom is 0.161 e. The normalized spacial score (nSPS) is 15.7. The van der Waals surface area contributed by atoms with E-state index in [1.165, 1.54) is 11.8 Å². The summed E-state index contributed by atoms with van der Waals surface area (Å²) in [7, 11) is -3.07. The highest BCUT2D eigenvalue weighted by Gasteiger charge is 2.49. The smallest absolute Gasteiger partial charge is 0.161 e. The third-order valence-corrected chi connectivity index (χ3v) is 5.82. The molecule has 3 aromatic rings. The lowest BCUT2D eigenvalue weighted by atomic mass is 9.95. The zero-order valence-corrected chi connectivity index (χ0v) is 15.5. The first-order valence-corrected chi connectivity index (χ1v) is 10.8. The topological polar surface area (TPSA) is 64.8 Å². The molecule has 1 fully saturated rings. The van der Waals surface area contributed by atoms with Crippen molar-refractivity contribution in [2.45, 2.75) is 24.7 Å². The second-order valence-corrected chi connectivity index (χ2v) is 9.19. The van der Waals surface area contributed by atoms with Gasteiger partial charge in [0.1, 0.15) is 15.7 Å².